The van der Waals surface area contributed by atoms with E-state index in [0.717, 1.165) is 46.9 Å². The normalized spacial score (nSPS) is 14.4. The molecule has 1 aliphatic rings. The molecule has 1 fully saturated rings. The highest BCUT2D eigenvalue weighted by Crippen LogP contribution is 2.25. The average molecular weight is 380 g/mol. The van der Waals surface area contributed by atoms with Crippen LogP contribution in [0.2, 0.25) is 0 Å². The van der Waals surface area contributed by atoms with Crippen LogP contribution in [0, 0.1) is 32.5 Å². The number of nitrogens with one attached hydrogen (secondary N) is 1. The third kappa shape index (κ3) is 3.23. The van der Waals surface area contributed by atoms with Crippen molar-refractivity contribution >= 4 is 17.2 Å². The predicted molar refractivity (Wildman–Crippen MR) is 108 cm³/mol. The van der Waals surface area contributed by atoms with E-state index in [-0.39, 0.29) is 11.7 Å². The zero-order valence-corrected chi connectivity index (χ0v) is 16.7. The number of rotatable bonds is 4. The van der Waals surface area contributed by atoms with E-state index < -0.39 is 0 Å². The minimum absolute atomic E-state index is 0.0479. The molecule has 1 N–H and O–H groups in total. The number of carbonyl (C=O) groups is 1. The molecular formula is C22H25FN4O. The van der Waals surface area contributed by atoms with Gasteiger partial charge in [0.2, 0.25) is 0 Å². The molecule has 0 saturated carbocycles. The quantitative estimate of drug-likeness (QED) is 0.741. The molecule has 1 amide bonds. The Bertz CT molecular complexity index is 1070. The molecule has 0 atom stereocenters. The van der Waals surface area contributed by atoms with E-state index in [9.17, 15) is 9.18 Å². The van der Waals surface area contributed by atoms with Gasteiger partial charge >= 0.3 is 0 Å². The van der Waals surface area contributed by atoms with Gasteiger partial charge in [-0.15, -0.1) is 0 Å². The lowest BCUT2D eigenvalue weighted by Gasteiger charge is -2.37. The van der Waals surface area contributed by atoms with Gasteiger partial charge in [0.05, 0.1) is 16.9 Å². The SMILES string of the molecule is Cc1cc(F)ccc1CNc1cc(C(=O)N2CC(C)C2)cn2c(C)c(C)nc12. The first-order chi connectivity index (χ1) is 13.3. The maximum absolute atomic E-state index is 13.4. The van der Waals surface area contributed by atoms with Gasteiger partial charge in [0.25, 0.3) is 5.91 Å². The highest BCUT2D eigenvalue weighted by molar-refractivity contribution is 5.96. The standard InChI is InChI=1S/C22H25FN4O/c1-13-10-26(11-13)22(28)18-8-20(21-25-15(3)16(4)27(21)12-18)24-9-17-5-6-19(23)7-14(17)2/h5-8,12-13,24H,9-11H2,1-4H3. The van der Waals surface area contributed by atoms with Gasteiger partial charge in [0.15, 0.2) is 5.65 Å². The van der Waals surface area contributed by atoms with Crippen LogP contribution < -0.4 is 5.32 Å². The average Bonchev–Trinajstić information content (AvgIpc) is 2.92. The van der Waals surface area contributed by atoms with Crippen molar-refractivity contribution in [1.29, 1.82) is 0 Å². The largest absolute Gasteiger partial charge is 0.378 e. The predicted octanol–water partition coefficient (Wildman–Crippen LogP) is 4.10. The number of carbonyl (C=O) groups excluding carboxylic acids is 1. The summed E-state index contributed by atoms with van der Waals surface area (Å²) in [5, 5.41) is 3.41. The van der Waals surface area contributed by atoms with E-state index in [4.69, 9.17) is 0 Å². The highest BCUT2D eigenvalue weighted by Gasteiger charge is 2.28. The van der Waals surface area contributed by atoms with Crippen LogP contribution in [-0.2, 0) is 6.54 Å². The van der Waals surface area contributed by atoms with Crippen LogP contribution in [0.1, 0.15) is 39.8 Å². The molecule has 0 unspecified atom stereocenters. The lowest BCUT2D eigenvalue weighted by atomic mass is 10.0. The third-order valence-electron chi connectivity index (χ3n) is 5.57. The molecule has 0 spiro atoms. The van der Waals surface area contributed by atoms with Gasteiger partial charge in [-0.05, 0) is 56.0 Å². The number of amides is 1. The number of pyridine rings is 1. The van der Waals surface area contributed by atoms with E-state index in [1.165, 1.54) is 12.1 Å². The molecule has 146 valence electrons. The van der Waals surface area contributed by atoms with Crippen LogP contribution in [0.25, 0.3) is 5.65 Å². The van der Waals surface area contributed by atoms with Crippen LogP contribution in [0.3, 0.4) is 0 Å². The van der Waals surface area contributed by atoms with Gasteiger partial charge in [-0.1, -0.05) is 13.0 Å². The second-order valence-electron chi connectivity index (χ2n) is 7.86. The first kappa shape index (κ1) is 18.5. The molecule has 28 heavy (non-hydrogen) atoms. The molecular weight excluding hydrogens is 355 g/mol. The zero-order chi connectivity index (χ0) is 20.0. The van der Waals surface area contributed by atoms with E-state index in [1.807, 2.05) is 42.3 Å². The molecule has 1 aliphatic heterocycles. The second kappa shape index (κ2) is 6.93. The number of aryl methyl sites for hydroxylation is 3. The van der Waals surface area contributed by atoms with E-state index in [2.05, 4.69) is 17.2 Å². The van der Waals surface area contributed by atoms with Crippen molar-refractivity contribution in [3.05, 3.63) is 64.4 Å². The zero-order valence-electron chi connectivity index (χ0n) is 16.7. The Morgan fingerprint density at radius 1 is 1.25 bits per heavy atom. The Balaban J connectivity index is 1.69. The van der Waals surface area contributed by atoms with Crippen LogP contribution in [-0.4, -0.2) is 33.3 Å². The second-order valence-corrected chi connectivity index (χ2v) is 7.86. The number of benzene rings is 1. The van der Waals surface area contributed by atoms with Gasteiger partial charge in [-0.2, -0.15) is 0 Å². The summed E-state index contributed by atoms with van der Waals surface area (Å²) in [7, 11) is 0. The lowest BCUT2D eigenvalue weighted by Crippen LogP contribution is -2.48. The van der Waals surface area contributed by atoms with Crippen molar-refractivity contribution in [1.82, 2.24) is 14.3 Å². The minimum atomic E-state index is -0.237. The Hall–Kier alpha value is -2.89. The number of anilines is 1. The monoisotopic (exact) mass is 380 g/mol. The molecule has 3 aromatic rings. The van der Waals surface area contributed by atoms with Crippen LogP contribution >= 0.6 is 0 Å². The summed E-state index contributed by atoms with van der Waals surface area (Å²) in [6.45, 7) is 10.1. The smallest absolute Gasteiger partial charge is 0.255 e. The van der Waals surface area contributed by atoms with Gasteiger partial charge in [-0.3, -0.25) is 4.79 Å². The molecule has 1 aromatic carbocycles. The van der Waals surface area contributed by atoms with Gasteiger partial charge in [0, 0.05) is 31.5 Å². The molecule has 6 heteroatoms. The van der Waals surface area contributed by atoms with Crippen molar-refractivity contribution in [2.75, 3.05) is 18.4 Å². The summed E-state index contributed by atoms with van der Waals surface area (Å²) in [5.74, 6) is 0.371. The number of aromatic nitrogens is 2. The fraction of sp³-hybridized carbons (Fsp3) is 0.364. The molecule has 2 aromatic heterocycles. The summed E-state index contributed by atoms with van der Waals surface area (Å²) < 4.78 is 15.4. The van der Waals surface area contributed by atoms with Gasteiger partial charge in [0.1, 0.15) is 5.82 Å². The van der Waals surface area contributed by atoms with Gasteiger partial charge in [-0.25, -0.2) is 9.37 Å². The highest BCUT2D eigenvalue weighted by atomic mass is 19.1. The number of likely N-dealkylation sites (tertiary alicyclic amines) is 1. The topological polar surface area (TPSA) is 49.6 Å². The lowest BCUT2D eigenvalue weighted by molar-refractivity contribution is 0.0530. The van der Waals surface area contributed by atoms with Crippen molar-refractivity contribution < 1.29 is 9.18 Å². The van der Waals surface area contributed by atoms with E-state index in [1.54, 1.807) is 6.07 Å². The number of imidazole rings is 1. The van der Waals surface area contributed by atoms with Crippen LogP contribution in [0.4, 0.5) is 10.1 Å². The van der Waals surface area contributed by atoms with Crippen molar-refractivity contribution in [3.63, 3.8) is 0 Å². The Morgan fingerprint density at radius 3 is 2.68 bits per heavy atom. The summed E-state index contributed by atoms with van der Waals surface area (Å²) in [4.78, 5) is 19.4. The molecule has 1 saturated heterocycles. The van der Waals surface area contributed by atoms with E-state index >= 15 is 0 Å². The minimum Gasteiger partial charge on any atom is -0.378 e. The van der Waals surface area contributed by atoms with Crippen LogP contribution in [0.15, 0.2) is 30.5 Å². The number of halogens is 1. The molecule has 3 heterocycles. The van der Waals surface area contributed by atoms with Gasteiger partial charge < -0.3 is 14.6 Å². The Kier molecular flexibility index (Phi) is 4.57. The molecule has 0 aliphatic carbocycles. The summed E-state index contributed by atoms with van der Waals surface area (Å²) >= 11 is 0. The summed E-state index contributed by atoms with van der Waals surface area (Å²) in [6, 6.07) is 6.66. The number of hydrogen-bond acceptors (Lipinski definition) is 3. The molecule has 5 nitrogen and oxygen atoms in total. The first-order valence-corrected chi connectivity index (χ1v) is 9.61. The number of hydrogen-bond donors (Lipinski definition) is 1. The Labute approximate surface area is 164 Å². The molecule has 0 radical (unpaired) electrons. The fourth-order valence-electron chi connectivity index (χ4n) is 3.71. The van der Waals surface area contributed by atoms with Crippen molar-refractivity contribution in [2.45, 2.75) is 34.2 Å². The fourth-order valence-corrected chi connectivity index (χ4v) is 3.71. The third-order valence-corrected chi connectivity index (χ3v) is 5.57. The van der Waals surface area contributed by atoms with Crippen molar-refractivity contribution in [3.8, 4) is 0 Å². The maximum atomic E-state index is 13.4. The first-order valence-electron chi connectivity index (χ1n) is 9.61. The van der Waals surface area contributed by atoms with Crippen LogP contribution in [0.5, 0.6) is 0 Å². The number of fused-ring (bicyclic) bond motifs is 1. The molecule has 0 bridgehead atoms. The Morgan fingerprint density at radius 2 is 2.00 bits per heavy atom. The summed E-state index contributed by atoms with van der Waals surface area (Å²) in [6.07, 6.45) is 1.88. The van der Waals surface area contributed by atoms with E-state index in [0.29, 0.717) is 18.0 Å². The summed E-state index contributed by atoms with van der Waals surface area (Å²) in [5.41, 5.74) is 6.10. The maximum Gasteiger partial charge on any atom is 0.255 e. The molecule has 4 rings (SSSR count). The number of nitrogens with zero attached hydrogens (tertiary/aromatic N) is 3. The van der Waals surface area contributed by atoms with Crippen molar-refractivity contribution in [2.24, 2.45) is 5.92 Å².